The molecule has 98 valence electrons. The molecule has 0 saturated heterocycles. The fourth-order valence-electron chi connectivity index (χ4n) is 1.27. The summed E-state index contributed by atoms with van der Waals surface area (Å²) in [5.41, 5.74) is 0. The Balaban J connectivity index is 4.93. The molecule has 0 aromatic carbocycles. The van der Waals surface area contributed by atoms with Gasteiger partial charge >= 0.3 is 17.9 Å². The Labute approximate surface area is 99.0 Å². The van der Waals surface area contributed by atoms with Crippen LogP contribution in [0.4, 0.5) is 0 Å². The van der Waals surface area contributed by atoms with Gasteiger partial charge in [-0.2, -0.15) is 0 Å². The second-order valence-electron chi connectivity index (χ2n) is 3.09. The van der Waals surface area contributed by atoms with Crippen molar-refractivity contribution in [3.8, 4) is 0 Å². The van der Waals surface area contributed by atoms with Gasteiger partial charge in [0.1, 0.15) is 5.92 Å². The van der Waals surface area contributed by atoms with E-state index in [9.17, 15) is 14.4 Å². The molecule has 0 aliphatic heterocycles. The van der Waals surface area contributed by atoms with E-state index in [1.807, 2.05) is 0 Å². The van der Waals surface area contributed by atoms with Crippen molar-refractivity contribution >= 4 is 17.9 Å². The molecule has 2 atom stereocenters. The summed E-state index contributed by atoms with van der Waals surface area (Å²) in [7, 11) is 4.71. The maximum absolute atomic E-state index is 11.5. The van der Waals surface area contributed by atoms with E-state index in [1.165, 1.54) is 14.2 Å². The summed E-state index contributed by atoms with van der Waals surface area (Å²) in [4.78, 5) is 34.0. The Kier molecular flexibility index (Phi) is 6.88. The van der Waals surface area contributed by atoms with E-state index in [1.54, 1.807) is 0 Å². The number of hydrogen-bond donors (Lipinski definition) is 0. The molecule has 0 rings (SSSR count). The zero-order valence-electron chi connectivity index (χ0n) is 10.2. The molecular formula is C10H16O7. The highest BCUT2D eigenvalue weighted by Gasteiger charge is 2.37. The van der Waals surface area contributed by atoms with E-state index in [4.69, 9.17) is 4.74 Å². The molecular weight excluding hydrogens is 232 g/mol. The topological polar surface area (TPSA) is 88.1 Å². The second-order valence-corrected chi connectivity index (χ2v) is 3.09. The van der Waals surface area contributed by atoms with E-state index in [-0.39, 0.29) is 6.42 Å². The normalized spacial score (nSPS) is 13.4. The van der Waals surface area contributed by atoms with Crippen LogP contribution in [0.25, 0.3) is 0 Å². The van der Waals surface area contributed by atoms with Crippen LogP contribution in [0.5, 0.6) is 0 Å². The summed E-state index contributed by atoms with van der Waals surface area (Å²) in [6.45, 7) is 0. The van der Waals surface area contributed by atoms with Gasteiger partial charge in [-0.15, -0.1) is 0 Å². The summed E-state index contributed by atoms with van der Waals surface area (Å²) in [5, 5.41) is 0. The van der Waals surface area contributed by atoms with Gasteiger partial charge in [-0.1, -0.05) is 0 Å². The first kappa shape index (κ1) is 15.4. The van der Waals surface area contributed by atoms with Crippen LogP contribution in [-0.4, -0.2) is 52.5 Å². The van der Waals surface area contributed by atoms with Crippen molar-refractivity contribution in [2.24, 2.45) is 5.92 Å². The van der Waals surface area contributed by atoms with Crippen LogP contribution in [0.15, 0.2) is 0 Å². The highest BCUT2D eigenvalue weighted by molar-refractivity contribution is 5.87. The van der Waals surface area contributed by atoms with Crippen LogP contribution in [0, 0.1) is 5.92 Å². The summed E-state index contributed by atoms with van der Waals surface area (Å²) in [6.07, 6.45) is -1.52. The number of rotatable bonds is 6. The average molecular weight is 248 g/mol. The molecule has 0 spiro atoms. The van der Waals surface area contributed by atoms with Crippen LogP contribution in [0.1, 0.15) is 6.42 Å². The molecule has 0 aromatic rings. The number of methoxy groups -OCH3 is 4. The number of ether oxygens (including phenoxy) is 4. The number of carbonyl (C=O) groups excluding carboxylic acids is 3. The predicted octanol–water partition coefficient (Wildman–Crippen LogP) is -0.473. The van der Waals surface area contributed by atoms with Crippen LogP contribution < -0.4 is 0 Å². The first-order chi connectivity index (χ1) is 8.01. The van der Waals surface area contributed by atoms with Crippen molar-refractivity contribution < 1.29 is 33.3 Å². The Hall–Kier alpha value is -1.63. The van der Waals surface area contributed by atoms with Gasteiger partial charge in [-0.3, -0.25) is 9.59 Å². The summed E-state index contributed by atoms with van der Waals surface area (Å²) in [5.74, 6) is -3.24. The molecule has 0 radical (unpaired) electrons. The van der Waals surface area contributed by atoms with Gasteiger partial charge in [0.25, 0.3) is 0 Å². The molecule has 0 bridgehead atoms. The molecule has 0 saturated carbocycles. The highest BCUT2D eigenvalue weighted by atomic mass is 16.6. The van der Waals surface area contributed by atoms with E-state index in [0.717, 1.165) is 14.2 Å². The lowest BCUT2D eigenvalue weighted by atomic mass is 9.98. The summed E-state index contributed by atoms with van der Waals surface area (Å²) < 4.78 is 18.3. The van der Waals surface area contributed by atoms with Crippen molar-refractivity contribution in [2.75, 3.05) is 28.4 Å². The first-order valence-corrected chi connectivity index (χ1v) is 4.77. The lowest BCUT2D eigenvalue weighted by molar-refractivity contribution is -0.168. The molecule has 7 heteroatoms. The standard InChI is InChI=1S/C10H16O7/c1-14-7(11)5-6(9(12)16-3)8(15-2)10(13)17-4/h6,8H,5H2,1-4H3. The summed E-state index contributed by atoms with van der Waals surface area (Å²) in [6, 6.07) is 0. The maximum atomic E-state index is 11.5. The lowest BCUT2D eigenvalue weighted by Gasteiger charge is -2.20. The average Bonchev–Trinajstić information content (AvgIpc) is 2.36. The molecule has 0 amide bonds. The third-order valence-corrected chi connectivity index (χ3v) is 2.17. The van der Waals surface area contributed by atoms with E-state index in [0.29, 0.717) is 0 Å². The van der Waals surface area contributed by atoms with Gasteiger partial charge in [0.15, 0.2) is 6.10 Å². The quantitative estimate of drug-likeness (QED) is 0.463. The van der Waals surface area contributed by atoms with Crippen molar-refractivity contribution in [3.63, 3.8) is 0 Å². The minimum absolute atomic E-state index is 0.323. The van der Waals surface area contributed by atoms with Gasteiger partial charge in [0.05, 0.1) is 27.8 Å². The Morgan fingerprint density at radius 2 is 1.41 bits per heavy atom. The largest absolute Gasteiger partial charge is 0.469 e. The van der Waals surface area contributed by atoms with Crippen molar-refractivity contribution in [1.29, 1.82) is 0 Å². The molecule has 0 aromatic heterocycles. The van der Waals surface area contributed by atoms with E-state index in [2.05, 4.69) is 14.2 Å². The van der Waals surface area contributed by atoms with Crippen LogP contribution in [0.2, 0.25) is 0 Å². The molecule has 0 N–H and O–H groups in total. The van der Waals surface area contributed by atoms with E-state index < -0.39 is 29.9 Å². The third kappa shape index (κ3) is 4.39. The van der Waals surface area contributed by atoms with E-state index >= 15 is 0 Å². The molecule has 2 unspecified atom stereocenters. The highest BCUT2D eigenvalue weighted by Crippen LogP contribution is 2.16. The Morgan fingerprint density at radius 3 is 1.76 bits per heavy atom. The number of carbonyl (C=O) groups is 3. The lowest BCUT2D eigenvalue weighted by Crippen LogP contribution is -2.39. The molecule has 7 nitrogen and oxygen atoms in total. The Morgan fingerprint density at radius 1 is 0.882 bits per heavy atom. The predicted molar refractivity (Wildman–Crippen MR) is 55.0 cm³/mol. The smallest absolute Gasteiger partial charge is 0.335 e. The SMILES string of the molecule is COC(=O)CC(C(=O)OC)C(OC)C(=O)OC. The van der Waals surface area contributed by atoms with Crippen molar-refractivity contribution in [1.82, 2.24) is 0 Å². The molecule has 17 heavy (non-hydrogen) atoms. The molecule has 0 aliphatic carbocycles. The van der Waals surface area contributed by atoms with Gasteiger partial charge in [0, 0.05) is 7.11 Å². The van der Waals surface area contributed by atoms with Crippen molar-refractivity contribution in [2.45, 2.75) is 12.5 Å². The van der Waals surface area contributed by atoms with Gasteiger partial charge in [-0.05, 0) is 0 Å². The van der Waals surface area contributed by atoms with Gasteiger partial charge in [0.2, 0.25) is 0 Å². The first-order valence-electron chi connectivity index (χ1n) is 4.77. The maximum Gasteiger partial charge on any atom is 0.335 e. The third-order valence-electron chi connectivity index (χ3n) is 2.17. The van der Waals surface area contributed by atoms with Crippen LogP contribution in [0.3, 0.4) is 0 Å². The minimum atomic E-state index is -1.20. The zero-order chi connectivity index (χ0) is 13.4. The van der Waals surface area contributed by atoms with Crippen LogP contribution in [-0.2, 0) is 33.3 Å². The monoisotopic (exact) mass is 248 g/mol. The van der Waals surface area contributed by atoms with Gasteiger partial charge in [-0.25, -0.2) is 4.79 Å². The zero-order valence-corrected chi connectivity index (χ0v) is 10.2. The van der Waals surface area contributed by atoms with Crippen LogP contribution >= 0.6 is 0 Å². The summed E-state index contributed by atoms with van der Waals surface area (Å²) >= 11 is 0. The van der Waals surface area contributed by atoms with Gasteiger partial charge < -0.3 is 18.9 Å². The number of esters is 3. The molecule has 0 heterocycles. The fourth-order valence-corrected chi connectivity index (χ4v) is 1.27. The molecule has 0 fully saturated rings. The minimum Gasteiger partial charge on any atom is -0.469 e. The van der Waals surface area contributed by atoms with Crippen molar-refractivity contribution in [3.05, 3.63) is 0 Å². The Bertz CT molecular complexity index is 286. The molecule has 0 aliphatic rings. The second kappa shape index (κ2) is 7.61. The fraction of sp³-hybridized carbons (Fsp3) is 0.700. The number of hydrogen-bond acceptors (Lipinski definition) is 7.